The summed E-state index contributed by atoms with van der Waals surface area (Å²) < 4.78 is 56.1. The van der Waals surface area contributed by atoms with Crippen LogP contribution in [0.3, 0.4) is 0 Å². The molecule has 0 radical (unpaired) electrons. The quantitative estimate of drug-likeness (QED) is 0.598. The van der Waals surface area contributed by atoms with Crippen molar-refractivity contribution < 1.29 is 27.1 Å². The number of ether oxygens (including phenoxy) is 1. The summed E-state index contributed by atoms with van der Waals surface area (Å²) in [6.07, 6.45) is -4.44. The van der Waals surface area contributed by atoms with E-state index in [1.54, 1.807) is 0 Å². The van der Waals surface area contributed by atoms with Crippen LogP contribution in [0.2, 0.25) is 0 Å². The second-order valence-electron chi connectivity index (χ2n) is 4.33. The summed E-state index contributed by atoms with van der Waals surface area (Å²) in [5.74, 6) is -1.16. The van der Waals surface area contributed by atoms with Crippen molar-refractivity contribution in [3.05, 3.63) is 59.4 Å². The molecule has 2 aromatic rings. The first-order chi connectivity index (χ1) is 9.77. The number of benzene rings is 2. The Hall–Kier alpha value is -2.37. The largest absolute Gasteiger partial charge is 0.454 e. The molecule has 0 aromatic heterocycles. The highest BCUT2D eigenvalue weighted by Gasteiger charge is 2.30. The average Bonchev–Trinajstić information content (AvgIpc) is 2.40. The van der Waals surface area contributed by atoms with E-state index in [4.69, 9.17) is 4.74 Å². The van der Waals surface area contributed by atoms with Gasteiger partial charge in [-0.25, -0.2) is 4.39 Å². The van der Waals surface area contributed by atoms with Crippen LogP contribution in [0, 0.1) is 5.82 Å². The van der Waals surface area contributed by atoms with E-state index in [0.717, 1.165) is 30.3 Å². The van der Waals surface area contributed by atoms with Crippen molar-refractivity contribution in [1.29, 1.82) is 0 Å². The Morgan fingerprint density at radius 1 is 1.05 bits per heavy atom. The van der Waals surface area contributed by atoms with Gasteiger partial charge in [0.25, 0.3) is 0 Å². The van der Waals surface area contributed by atoms with Crippen molar-refractivity contribution in [2.45, 2.75) is 13.1 Å². The molecule has 0 aliphatic carbocycles. The van der Waals surface area contributed by atoms with Gasteiger partial charge < -0.3 is 4.74 Å². The van der Waals surface area contributed by atoms with Crippen LogP contribution in [-0.2, 0) is 6.18 Å². The van der Waals surface area contributed by atoms with E-state index >= 15 is 0 Å². The molecule has 0 fully saturated rings. The molecule has 21 heavy (non-hydrogen) atoms. The fourth-order valence-electron chi connectivity index (χ4n) is 1.64. The van der Waals surface area contributed by atoms with E-state index in [1.165, 1.54) is 19.1 Å². The lowest BCUT2D eigenvalue weighted by molar-refractivity contribution is -0.137. The third-order valence-electron chi connectivity index (χ3n) is 2.75. The minimum atomic E-state index is -4.44. The molecule has 0 heterocycles. The van der Waals surface area contributed by atoms with Gasteiger partial charge in [0.05, 0.1) is 5.56 Å². The van der Waals surface area contributed by atoms with Gasteiger partial charge in [-0.3, -0.25) is 4.79 Å². The first-order valence-electron chi connectivity index (χ1n) is 5.93. The first-order valence-corrected chi connectivity index (χ1v) is 5.93. The van der Waals surface area contributed by atoms with Crippen molar-refractivity contribution in [1.82, 2.24) is 0 Å². The summed E-state index contributed by atoms with van der Waals surface area (Å²) in [5, 5.41) is 0. The van der Waals surface area contributed by atoms with E-state index in [0.29, 0.717) is 0 Å². The number of alkyl halides is 3. The Morgan fingerprint density at radius 3 is 2.14 bits per heavy atom. The molecular formula is C15H10F4O2. The summed E-state index contributed by atoms with van der Waals surface area (Å²) in [5.41, 5.74) is -0.630. The third kappa shape index (κ3) is 3.59. The number of rotatable bonds is 3. The molecule has 0 N–H and O–H groups in total. The lowest BCUT2D eigenvalue weighted by Gasteiger charge is -2.10. The van der Waals surface area contributed by atoms with Crippen molar-refractivity contribution in [3.8, 4) is 11.5 Å². The lowest BCUT2D eigenvalue weighted by Crippen LogP contribution is -2.04. The topological polar surface area (TPSA) is 26.3 Å². The van der Waals surface area contributed by atoms with Crippen molar-refractivity contribution in [2.75, 3.05) is 0 Å². The normalized spacial score (nSPS) is 11.3. The zero-order chi connectivity index (χ0) is 15.6. The fraction of sp³-hybridized carbons (Fsp3) is 0.133. The number of carbonyl (C=O) groups excluding carboxylic acids is 1. The van der Waals surface area contributed by atoms with E-state index in [-0.39, 0.29) is 22.8 Å². The third-order valence-corrected chi connectivity index (χ3v) is 2.75. The fourth-order valence-corrected chi connectivity index (χ4v) is 1.64. The molecule has 0 aliphatic heterocycles. The number of hydrogen-bond acceptors (Lipinski definition) is 2. The van der Waals surface area contributed by atoms with Gasteiger partial charge >= 0.3 is 6.18 Å². The molecule has 0 saturated heterocycles. The predicted octanol–water partition coefficient (Wildman–Crippen LogP) is 4.84. The van der Waals surface area contributed by atoms with Gasteiger partial charge in [0.15, 0.2) is 17.3 Å². The molecule has 0 saturated carbocycles. The summed E-state index contributed by atoms with van der Waals surface area (Å²) in [4.78, 5) is 11.1. The number of carbonyl (C=O) groups is 1. The number of halogens is 4. The zero-order valence-corrected chi connectivity index (χ0v) is 10.9. The van der Waals surface area contributed by atoms with Crippen LogP contribution in [0.15, 0.2) is 42.5 Å². The molecule has 0 aliphatic rings. The monoisotopic (exact) mass is 298 g/mol. The molecular weight excluding hydrogens is 288 g/mol. The van der Waals surface area contributed by atoms with Crippen molar-refractivity contribution in [2.24, 2.45) is 0 Å². The molecule has 0 bridgehead atoms. The molecule has 0 amide bonds. The highest BCUT2D eigenvalue weighted by atomic mass is 19.4. The van der Waals surface area contributed by atoms with Gasteiger partial charge in [-0.2, -0.15) is 13.2 Å². The van der Waals surface area contributed by atoms with Gasteiger partial charge in [-0.05, 0) is 49.4 Å². The van der Waals surface area contributed by atoms with Gasteiger partial charge in [0, 0.05) is 5.56 Å². The highest BCUT2D eigenvalue weighted by molar-refractivity contribution is 5.94. The molecule has 2 rings (SSSR count). The maximum absolute atomic E-state index is 13.7. The van der Waals surface area contributed by atoms with Crippen molar-refractivity contribution in [3.63, 3.8) is 0 Å². The SMILES string of the molecule is CC(=O)c1ccc(Oc2ccc(C(F)(F)F)cc2)c(F)c1. The Balaban J connectivity index is 2.20. The van der Waals surface area contributed by atoms with Gasteiger partial charge in [-0.1, -0.05) is 0 Å². The Morgan fingerprint density at radius 2 is 1.67 bits per heavy atom. The minimum Gasteiger partial charge on any atom is -0.454 e. The van der Waals surface area contributed by atoms with E-state index in [9.17, 15) is 22.4 Å². The molecule has 2 aromatic carbocycles. The smallest absolute Gasteiger partial charge is 0.416 e. The number of Topliss-reactive ketones (excluding diaryl/α,β-unsaturated/α-hetero) is 1. The second kappa shape index (κ2) is 5.55. The van der Waals surface area contributed by atoms with Crippen LogP contribution >= 0.6 is 0 Å². The Bertz CT molecular complexity index is 660. The van der Waals surface area contributed by atoms with E-state index < -0.39 is 17.6 Å². The zero-order valence-electron chi connectivity index (χ0n) is 10.9. The summed E-state index contributed by atoms with van der Waals surface area (Å²) in [6.45, 7) is 1.30. The Kier molecular flexibility index (Phi) is 3.97. The lowest BCUT2D eigenvalue weighted by atomic mass is 10.1. The van der Waals surface area contributed by atoms with Crippen LogP contribution in [0.5, 0.6) is 11.5 Å². The molecule has 6 heteroatoms. The molecule has 0 atom stereocenters. The predicted molar refractivity (Wildman–Crippen MR) is 67.9 cm³/mol. The first kappa shape index (κ1) is 15.0. The van der Waals surface area contributed by atoms with E-state index in [1.807, 2.05) is 0 Å². The van der Waals surface area contributed by atoms with Crippen LogP contribution in [0.4, 0.5) is 17.6 Å². The standard InChI is InChI=1S/C15H10F4O2/c1-9(20)10-2-7-14(13(16)8-10)21-12-5-3-11(4-6-12)15(17,18)19/h2-8H,1H3. The summed E-state index contributed by atoms with van der Waals surface area (Å²) in [7, 11) is 0. The maximum atomic E-state index is 13.7. The van der Waals surface area contributed by atoms with Crippen LogP contribution < -0.4 is 4.74 Å². The van der Waals surface area contributed by atoms with Gasteiger partial charge in [0.2, 0.25) is 0 Å². The van der Waals surface area contributed by atoms with Crippen molar-refractivity contribution >= 4 is 5.78 Å². The Labute approximate surface area is 118 Å². The van der Waals surface area contributed by atoms with Gasteiger partial charge in [-0.15, -0.1) is 0 Å². The van der Waals surface area contributed by atoms with E-state index in [2.05, 4.69) is 0 Å². The van der Waals surface area contributed by atoms with Crippen LogP contribution in [0.25, 0.3) is 0 Å². The number of ketones is 1. The summed E-state index contributed by atoms with van der Waals surface area (Å²) >= 11 is 0. The summed E-state index contributed by atoms with van der Waals surface area (Å²) in [6, 6.07) is 7.53. The average molecular weight is 298 g/mol. The van der Waals surface area contributed by atoms with Crippen LogP contribution in [0.1, 0.15) is 22.8 Å². The molecule has 0 spiro atoms. The number of hydrogen-bond donors (Lipinski definition) is 0. The molecule has 110 valence electrons. The molecule has 2 nitrogen and oxygen atoms in total. The van der Waals surface area contributed by atoms with Crippen LogP contribution in [-0.4, -0.2) is 5.78 Å². The second-order valence-corrected chi connectivity index (χ2v) is 4.33. The van der Waals surface area contributed by atoms with Gasteiger partial charge in [0.1, 0.15) is 5.75 Å². The molecule has 0 unspecified atom stereocenters. The minimum absolute atomic E-state index is 0.0671. The maximum Gasteiger partial charge on any atom is 0.416 e. The highest BCUT2D eigenvalue weighted by Crippen LogP contribution is 2.32.